The Morgan fingerprint density at radius 3 is 2.55 bits per heavy atom. The fraction of sp³-hybridized carbons (Fsp3) is 0.261. The molecule has 3 rings (SSSR count). The van der Waals surface area contributed by atoms with E-state index >= 15 is 0 Å². The molecule has 1 N–H and O–H groups in total. The van der Waals surface area contributed by atoms with Gasteiger partial charge in [0.2, 0.25) is 0 Å². The molecule has 0 aliphatic rings. The summed E-state index contributed by atoms with van der Waals surface area (Å²) in [5.41, 5.74) is 0.955. The van der Waals surface area contributed by atoms with Gasteiger partial charge in [0, 0.05) is 13.6 Å². The highest BCUT2D eigenvalue weighted by Gasteiger charge is 2.20. The number of hydrogen-bond acceptors (Lipinski definition) is 6. The third-order valence-electron chi connectivity index (χ3n) is 4.74. The first kappa shape index (κ1) is 22.3. The predicted molar refractivity (Wildman–Crippen MR) is 119 cm³/mol. The van der Waals surface area contributed by atoms with Gasteiger partial charge < -0.3 is 19.7 Å². The van der Waals surface area contributed by atoms with Crippen LogP contribution in [0, 0.1) is 0 Å². The molecule has 1 aromatic heterocycles. The van der Waals surface area contributed by atoms with Crippen LogP contribution in [0.25, 0.3) is 10.8 Å². The molecule has 0 aliphatic carbocycles. The number of rotatable bonds is 8. The zero-order chi connectivity index (χ0) is 22.4. The number of benzene rings is 2. The number of fused-ring (bicyclic) bond motifs is 1. The van der Waals surface area contributed by atoms with Gasteiger partial charge in [-0.2, -0.15) is 0 Å². The van der Waals surface area contributed by atoms with Crippen molar-refractivity contribution in [1.29, 1.82) is 0 Å². The van der Waals surface area contributed by atoms with E-state index in [4.69, 9.17) is 9.47 Å². The van der Waals surface area contributed by atoms with E-state index < -0.39 is 12.0 Å². The number of nitrogens with one attached hydrogen (secondary N) is 1. The molecule has 31 heavy (non-hydrogen) atoms. The molecule has 162 valence electrons. The Kier molecular flexibility index (Phi) is 7.25. The average molecular weight is 441 g/mol. The smallest absolute Gasteiger partial charge is 0.328 e. The number of hydrogen-bond donors (Lipinski definition) is 1. The summed E-state index contributed by atoms with van der Waals surface area (Å²) in [7, 11) is 3.28. The van der Waals surface area contributed by atoms with Crippen LogP contribution in [0.3, 0.4) is 0 Å². The Morgan fingerprint density at radius 1 is 1.10 bits per heavy atom. The molecular formula is C23H24N2O5S. The lowest BCUT2D eigenvalue weighted by Gasteiger charge is -2.19. The van der Waals surface area contributed by atoms with E-state index in [0.717, 1.165) is 22.1 Å². The van der Waals surface area contributed by atoms with Gasteiger partial charge in [-0.1, -0.05) is 24.3 Å². The Hall–Kier alpha value is -3.39. The molecule has 1 heterocycles. The van der Waals surface area contributed by atoms with Gasteiger partial charge in [-0.05, 0) is 52.9 Å². The second-order valence-electron chi connectivity index (χ2n) is 7.08. The summed E-state index contributed by atoms with van der Waals surface area (Å²) < 4.78 is 10.3. The van der Waals surface area contributed by atoms with E-state index in [-0.39, 0.29) is 18.4 Å². The van der Waals surface area contributed by atoms with Crippen molar-refractivity contribution < 1.29 is 23.9 Å². The molecule has 1 atom stereocenters. The topological polar surface area (TPSA) is 84.9 Å². The molecule has 0 radical (unpaired) electrons. The molecule has 8 heteroatoms. The Labute approximate surface area is 184 Å². The first-order chi connectivity index (χ1) is 14.9. The van der Waals surface area contributed by atoms with Crippen LogP contribution in [-0.4, -0.2) is 49.5 Å². The Balaban J connectivity index is 1.50. The van der Waals surface area contributed by atoms with Crippen molar-refractivity contribution in [1.82, 2.24) is 10.2 Å². The van der Waals surface area contributed by atoms with Crippen LogP contribution in [0.2, 0.25) is 0 Å². The fourth-order valence-corrected chi connectivity index (χ4v) is 3.59. The SMILES string of the molecule is COc1ccc2cc(CN(C)C(=O)COC(=O)C(C)NC(=O)c3cccs3)ccc2c1. The summed E-state index contributed by atoms with van der Waals surface area (Å²) in [5.74, 6) is -0.557. The van der Waals surface area contributed by atoms with Crippen LogP contribution >= 0.6 is 11.3 Å². The van der Waals surface area contributed by atoms with Crippen LogP contribution in [0.5, 0.6) is 5.75 Å². The Morgan fingerprint density at radius 2 is 1.84 bits per heavy atom. The molecule has 0 saturated carbocycles. The maximum atomic E-state index is 12.4. The van der Waals surface area contributed by atoms with Crippen molar-refractivity contribution in [2.45, 2.75) is 19.5 Å². The molecule has 2 aromatic carbocycles. The number of ether oxygens (including phenoxy) is 2. The van der Waals surface area contributed by atoms with E-state index in [1.54, 1.807) is 31.7 Å². The minimum atomic E-state index is -0.856. The van der Waals surface area contributed by atoms with Gasteiger partial charge in [0.15, 0.2) is 6.61 Å². The molecule has 0 spiro atoms. The Bertz CT molecular complexity index is 1080. The number of amides is 2. The van der Waals surface area contributed by atoms with Gasteiger partial charge in [-0.3, -0.25) is 9.59 Å². The van der Waals surface area contributed by atoms with Gasteiger partial charge in [-0.15, -0.1) is 11.3 Å². The number of nitrogens with zero attached hydrogens (tertiary/aromatic N) is 1. The lowest BCUT2D eigenvalue weighted by Crippen LogP contribution is -2.40. The van der Waals surface area contributed by atoms with E-state index in [0.29, 0.717) is 11.4 Å². The molecule has 0 aliphatic heterocycles. The molecule has 0 fully saturated rings. The number of esters is 1. The van der Waals surface area contributed by atoms with Gasteiger partial charge in [0.25, 0.3) is 11.8 Å². The van der Waals surface area contributed by atoms with Crippen LogP contribution < -0.4 is 10.1 Å². The number of carbonyl (C=O) groups is 3. The van der Waals surface area contributed by atoms with Crippen LogP contribution in [0.15, 0.2) is 53.9 Å². The van der Waals surface area contributed by atoms with Gasteiger partial charge in [0.1, 0.15) is 11.8 Å². The lowest BCUT2D eigenvalue weighted by molar-refractivity contribution is -0.152. The van der Waals surface area contributed by atoms with E-state index in [1.165, 1.54) is 23.2 Å². The highest BCUT2D eigenvalue weighted by atomic mass is 32.1. The first-order valence-corrected chi connectivity index (χ1v) is 10.6. The summed E-state index contributed by atoms with van der Waals surface area (Å²) in [6, 6.07) is 14.3. The molecule has 0 bridgehead atoms. The van der Waals surface area contributed by atoms with Crippen molar-refractivity contribution in [3.8, 4) is 5.75 Å². The van der Waals surface area contributed by atoms with Crippen LogP contribution in [0.1, 0.15) is 22.2 Å². The molecule has 7 nitrogen and oxygen atoms in total. The summed E-state index contributed by atoms with van der Waals surface area (Å²) in [6.45, 7) is 1.51. The molecule has 2 amide bonds. The van der Waals surface area contributed by atoms with Crippen molar-refractivity contribution >= 4 is 39.9 Å². The normalized spacial score (nSPS) is 11.6. The first-order valence-electron chi connectivity index (χ1n) is 9.69. The van der Waals surface area contributed by atoms with Crippen LogP contribution in [-0.2, 0) is 20.9 Å². The highest BCUT2D eigenvalue weighted by Crippen LogP contribution is 2.22. The third-order valence-corrected chi connectivity index (χ3v) is 5.61. The zero-order valence-corrected chi connectivity index (χ0v) is 18.4. The molecule has 0 saturated heterocycles. The molecule has 3 aromatic rings. The summed E-state index contributed by atoms with van der Waals surface area (Å²) in [6.07, 6.45) is 0. The third kappa shape index (κ3) is 5.82. The average Bonchev–Trinajstić information content (AvgIpc) is 3.31. The maximum Gasteiger partial charge on any atom is 0.328 e. The number of thiophene rings is 1. The standard InChI is InChI=1S/C23H24N2O5S/c1-15(24-22(27)20-5-4-10-31-20)23(28)30-14-21(26)25(2)13-16-6-7-18-12-19(29-3)9-8-17(18)11-16/h4-12,15H,13-14H2,1-3H3,(H,24,27). The van der Waals surface area contributed by atoms with E-state index in [1.807, 2.05) is 36.4 Å². The van der Waals surface area contributed by atoms with Gasteiger partial charge >= 0.3 is 5.97 Å². The predicted octanol–water partition coefficient (Wildman–Crippen LogP) is 3.23. The second kappa shape index (κ2) is 10.1. The fourth-order valence-electron chi connectivity index (χ4n) is 2.96. The van der Waals surface area contributed by atoms with Gasteiger partial charge in [-0.25, -0.2) is 4.79 Å². The van der Waals surface area contributed by atoms with Gasteiger partial charge in [0.05, 0.1) is 12.0 Å². The quantitative estimate of drug-likeness (QED) is 0.544. The second-order valence-corrected chi connectivity index (χ2v) is 8.03. The van der Waals surface area contributed by atoms with Crippen molar-refractivity contribution in [2.75, 3.05) is 20.8 Å². The minimum Gasteiger partial charge on any atom is -0.497 e. The van der Waals surface area contributed by atoms with Crippen LogP contribution in [0.4, 0.5) is 0 Å². The maximum absolute atomic E-state index is 12.4. The van der Waals surface area contributed by atoms with E-state index in [2.05, 4.69) is 5.32 Å². The number of carbonyl (C=O) groups excluding carboxylic acids is 3. The van der Waals surface area contributed by atoms with Crippen molar-refractivity contribution in [3.63, 3.8) is 0 Å². The zero-order valence-electron chi connectivity index (χ0n) is 17.6. The molecular weight excluding hydrogens is 416 g/mol. The lowest BCUT2D eigenvalue weighted by atomic mass is 10.1. The van der Waals surface area contributed by atoms with Crippen molar-refractivity contribution in [3.05, 3.63) is 64.4 Å². The monoisotopic (exact) mass is 440 g/mol. The largest absolute Gasteiger partial charge is 0.497 e. The highest BCUT2D eigenvalue weighted by molar-refractivity contribution is 7.12. The van der Waals surface area contributed by atoms with Crippen molar-refractivity contribution in [2.24, 2.45) is 0 Å². The summed E-state index contributed by atoms with van der Waals surface area (Å²) >= 11 is 1.28. The number of methoxy groups -OCH3 is 1. The number of likely N-dealkylation sites (N-methyl/N-ethyl adjacent to an activating group) is 1. The summed E-state index contributed by atoms with van der Waals surface area (Å²) in [4.78, 5) is 38.5. The summed E-state index contributed by atoms with van der Waals surface area (Å²) in [5, 5.41) is 6.43. The van der Waals surface area contributed by atoms with E-state index in [9.17, 15) is 14.4 Å². The molecule has 1 unspecified atom stereocenters. The minimum absolute atomic E-state index is 0.333.